The third-order valence-electron chi connectivity index (χ3n) is 4.37. The van der Waals surface area contributed by atoms with Crippen LogP contribution < -0.4 is 4.74 Å². The highest BCUT2D eigenvalue weighted by Crippen LogP contribution is 2.34. The fourth-order valence-electron chi connectivity index (χ4n) is 3.38. The molecule has 3 heteroatoms. The number of ether oxygens (including phenoxy) is 1. The number of aliphatic hydroxyl groups excluding tert-OH is 1. The van der Waals surface area contributed by atoms with Crippen LogP contribution in [0.5, 0.6) is 5.75 Å². The fourth-order valence-corrected chi connectivity index (χ4v) is 3.38. The van der Waals surface area contributed by atoms with Crippen LogP contribution in [0.2, 0.25) is 0 Å². The first-order chi connectivity index (χ1) is 9.20. The summed E-state index contributed by atoms with van der Waals surface area (Å²) >= 11 is 0. The highest BCUT2D eigenvalue weighted by molar-refractivity contribution is 5.89. The number of hydrogen-bond acceptors (Lipinski definition) is 2. The summed E-state index contributed by atoms with van der Waals surface area (Å²) in [6.07, 6.45) is 6.27. The molecule has 1 fully saturated rings. The first kappa shape index (κ1) is 12.5. The number of para-hydroxylation sites is 1. The third-order valence-corrected chi connectivity index (χ3v) is 4.37. The molecule has 0 saturated heterocycles. The van der Waals surface area contributed by atoms with E-state index < -0.39 is 0 Å². The molecule has 3 nitrogen and oxygen atoms in total. The lowest BCUT2D eigenvalue weighted by atomic mass is 9.96. The second-order valence-electron chi connectivity index (χ2n) is 5.58. The molecule has 0 spiro atoms. The lowest BCUT2D eigenvalue weighted by molar-refractivity contribution is 0.133. The molecule has 0 aliphatic heterocycles. The first-order valence-corrected chi connectivity index (χ1v) is 6.99. The largest absolute Gasteiger partial charge is 0.495 e. The van der Waals surface area contributed by atoms with Crippen LogP contribution in [0.15, 0.2) is 24.4 Å². The van der Waals surface area contributed by atoms with Crippen LogP contribution in [0.3, 0.4) is 0 Å². The second kappa shape index (κ2) is 4.89. The predicted molar refractivity (Wildman–Crippen MR) is 76.5 cm³/mol. The minimum absolute atomic E-state index is 0.124. The van der Waals surface area contributed by atoms with Crippen LogP contribution in [-0.2, 0) is 13.5 Å². The van der Waals surface area contributed by atoms with E-state index in [1.54, 1.807) is 7.11 Å². The molecule has 1 aliphatic carbocycles. The number of rotatable bonds is 3. The van der Waals surface area contributed by atoms with Gasteiger partial charge >= 0.3 is 0 Å². The molecular weight excluding hydrogens is 238 g/mol. The highest BCUT2D eigenvalue weighted by Gasteiger charge is 2.26. The summed E-state index contributed by atoms with van der Waals surface area (Å²) in [7, 11) is 3.77. The van der Waals surface area contributed by atoms with E-state index in [2.05, 4.69) is 23.9 Å². The van der Waals surface area contributed by atoms with Gasteiger partial charge in [-0.25, -0.2) is 0 Å². The van der Waals surface area contributed by atoms with Crippen LogP contribution in [-0.4, -0.2) is 22.9 Å². The van der Waals surface area contributed by atoms with Gasteiger partial charge in [-0.2, -0.15) is 0 Å². The Kier molecular flexibility index (Phi) is 3.23. The summed E-state index contributed by atoms with van der Waals surface area (Å²) in [5, 5.41) is 11.2. The van der Waals surface area contributed by atoms with Gasteiger partial charge in [0, 0.05) is 18.6 Å². The maximum atomic E-state index is 10.00. The second-order valence-corrected chi connectivity index (χ2v) is 5.58. The van der Waals surface area contributed by atoms with Gasteiger partial charge in [-0.1, -0.05) is 18.6 Å². The summed E-state index contributed by atoms with van der Waals surface area (Å²) in [6.45, 7) is 0. The number of nitrogens with zero attached hydrogens (tertiary/aromatic N) is 1. The van der Waals surface area contributed by atoms with Crippen molar-refractivity contribution >= 4 is 10.9 Å². The molecule has 0 radical (unpaired) electrons. The Bertz CT molecular complexity index is 588. The van der Waals surface area contributed by atoms with E-state index in [0.29, 0.717) is 5.92 Å². The van der Waals surface area contributed by atoms with Crippen molar-refractivity contribution in [3.63, 3.8) is 0 Å². The molecule has 1 aromatic carbocycles. The standard InChI is InChI=1S/C16H21NO2/c1-17-10-12(9-11-5-3-7-14(11)18)13-6-4-8-15(19-2)16(13)17/h4,6,8,10-11,14,18H,3,5,7,9H2,1-2H3. The molecule has 1 N–H and O–H groups in total. The molecule has 1 saturated carbocycles. The quantitative estimate of drug-likeness (QED) is 0.919. The Morgan fingerprint density at radius 1 is 1.37 bits per heavy atom. The topological polar surface area (TPSA) is 34.4 Å². The summed E-state index contributed by atoms with van der Waals surface area (Å²) in [4.78, 5) is 0. The number of hydrogen-bond donors (Lipinski definition) is 1. The van der Waals surface area contributed by atoms with Crippen molar-refractivity contribution in [2.45, 2.75) is 31.8 Å². The molecule has 2 aromatic rings. The Morgan fingerprint density at radius 2 is 2.21 bits per heavy atom. The van der Waals surface area contributed by atoms with Crippen LogP contribution in [0.1, 0.15) is 24.8 Å². The van der Waals surface area contributed by atoms with Crippen LogP contribution in [0, 0.1) is 5.92 Å². The van der Waals surface area contributed by atoms with Crippen LogP contribution >= 0.6 is 0 Å². The fraction of sp³-hybridized carbons (Fsp3) is 0.500. The van der Waals surface area contributed by atoms with Gasteiger partial charge in [-0.05, 0) is 36.8 Å². The maximum absolute atomic E-state index is 10.00. The van der Waals surface area contributed by atoms with Gasteiger partial charge in [-0.15, -0.1) is 0 Å². The molecule has 1 aliphatic rings. The van der Waals surface area contributed by atoms with Gasteiger partial charge in [0.25, 0.3) is 0 Å². The SMILES string of the molecule is COc1cccc2c(CC3CCCC3O)cn(C)c12. The summed E-state index contributed by atoms with van der Waals surface area (Å²) < 4.78 is 7.57. The lowest BCUT2D eigenvalue weighted by Gasteiger charge is -2.13. The number of benzene rings is 1. The van der Waals surface area contributed by atoms with E-state index in [9.17, 15) is 5.11 Å². The summed E-state index contributed by atoms with van der Waals surface area (Å²) in [5.41, 5.74) is 2.47. The Labute approximate surface area is 113 Å². The Hall–Kier alpha value is -1.48. The van der Waals surface area contributed by atoms with Crippen molar-refractivity contribution in [1.82, 2.24) is 4.57 Å². The van der Waals surface area contributed by atoms with Gasteiger partial charge in [0.15, 0.2) is 0 Å². The van der Waals surface area contributed by atoms with Crippen molar-refractivity contribution < 1.29 is 9.84 Å². The predicted octanol–water partition coefficient (Wildman–Crippen LogP) is 2.89. The van der Waals surface area contributed by atoms with Crippen LogP contribution in [0.25, 0.3) is 10.9 Å². The van der Waals surface area contributed by atoms with Gasteiger partial charge < -0.3 is 14.4 Å². The first-order valence-electron chi connectivity index (χ1n) is 6.99. The zero-order valence-electron chi connectivity index (χ0n) is 11.6. The average molecular weight is 259 g/mol. The molecule has 1 heterocycles. The molecule has 0 bridgehead atoms. The molecule has 2 unspecified atom stereocenters. The zero-order valence-corrected chi connectivity index (χ0v) is 11.6. The maximum Gasteiger partial charge on any atom is 0.143 e. The zero-order chi connectivity index (χ0) is 13.4. The number of methoxy groups -OCH3 is 1. The number of aromatic nitrogens is 1. The van der Waals surface area contributed by atoms with Gasteiger partial charge in [0.2, 0.25) is 0 Å². The average Bonchev–Trinajstić information content (AvgIpc) is 2.95. The molecule has 0 amide bonds. The van der Waals surface area contributed by atoms with E-state index in [-0.39, 0.29) is 6.10 Å². The normalized spacial score (nSPS) is 23.1. The van der Waals surface area contributed by atoms with E-state index in [1.807, 2.05) is 12.1 Å². The summed E-state index contributed by atoms with van der Waals surface area (Å²) in [6, 6.07) is 6.18. The van der Waals surface area contributed by atoms with Crippen molar-refractivity contribution in [3.8, 4) is 5.75 Å². The number of aliphatic hydroxyl groups is 1. The molecule has 2 atom stereocenters. The minimum atomic E-state index is -0.124. The van der Waals surface area contributed by atoms with Crippen molar-refractivity contribution in [2.24, 2.45) is 13.0 Å². The van der Waals surface area contributed by atoms with Gasteiger partial charge in [-0.3, -0.25) is 0 Å². The van der Waals surface area contributed by atoms with Crippen LogP contribution in [0.4, 0.5) is 0 Å². The van der Waals surface area contributed by atoms with Gasteiger partial charge in [0.1, 0.15) is 5.75 Å². The minimum Gasteiger partial charge on any atom is -0.495 e. The third kappa shape index (κ3) is 2.12. The Morgan fingerprint density at radius 3 is 2.89 bits per heavy atom. The van der Waals surface area contributed by atoms with Crippen molar-refractivity contribution in [3.05, 3.63) is 30.0 Å². The van der Waals surface area contributed by atoms with E-state index >= 15 is 0 Å². The molecule has 1 aromatic heterocycles. The monoisotopic (exact) mass is 259 g/mol. The summed E-state index contributed by atoms with van der Waals surface area (Å²) in [5.74, 6) is 1.33. The van der Waals surface area contributed by atoms with Gasteiger partial charge in [0.05, 0.1) is 18.7 Å². The van der Waals surface area contributed by atoms with E-state index in [0.717, 1.165) is 36.9 Å². The van der Waals surface area contributed by atoms with E-state index in [4.69, 9.17) is 4.74 Å². The molecule has 102 valence electrons. The smallest absolute Gasteiger partial charge is 0.143 e. The molecule has 19 heavy (non-hydrogen) atoms. The van der Waals surface area contributed by atoms with Crippen molar-refractivity contribution in [1.29, 1.82) is 0 Å². The van der Waals surface area contributed by atoms with E-state index in [1.165, 1.54) is 10.9 Å². The number of aryl methyl sites for hydroxylation is 1. The Balaban J connectivity index is 2.00. The highest BCUT2D eigenvalue weighted by atomic mass is 16.5. The molecule has 3 rings (SSSR count). The number of fused-ring (bicyclic) bond motifs is 1. The molecular formula is C16H21NO2. The lowest BCUT2D eigenvalue weighted by Crippen LogP contribution is -2.15. The van der Waals surface area contributed by atoms with Crippen molar-refractivity contribution in [2.75, 3.05) is 7.11 Å².